The van der Waals surface area contributed by atoms with Gasteiger partial charge >= 0.3 is 0 Å². The largest absolute Gasteiger partial charge is 0.439 e. The van der Waals surface area contributed by atoms with E-state index in [1.54, 1.807) is 0 Å². The van der Waals surface area contributed by atoms with Gasteiger partial charge in [0.25, 0.3) is 0 Å². The molecule has 2 aromatic rings. The highest BCUT2D eigenvalue weighted by Crippen LogP contribution is 2.34. The summed E-state index contributed by atoms with van der Waals surface area (Å²) in [6, 6.07) is 8.09. The molecule has 0 aliphatic rings. The lowest BCUT2D eigenvalue weighted by molar-refractivity contribution is 0.437. The van der Waals surface area contributed by atoms with Gasteiger partial charge < -0.3 is 10.1 Å². The minimum Gasteiger partial charge on any atom is -0.439 e. The third-order valence-electron chi connectivity index (χ3n) is 3.23. The van der Waals surface area contributed by atoms with Crippen LogP contribution in [0.1, 0.15) is 37.7 Å². The summed E-state index contributed by atoms with van der Waals surface area (Å²) in [5.74, 6) is 2.84. The van der Waals surface area contributed by atoms with E-state index in [-0.39, 0.29) is 5.41 Å². The Kier molecular flexibility index (Phi) is 4.16. The van der Waals surface area contributed by atoms with Gasteiger partial charge in [-0.2, -0.15) is 4.98 Å². The summed E-state index contributed by atoms with van der Waals surface area (Å²) in [6.45, 7) is 10.4. The lowest BCUT2D eigenvalue weighted by Crippen LogP contribution is -2.13. The molecule has 112 valence electrons. The van der Waals surface area contributed by atoms with Crippen LogP contribution in [0.2, 0.25) is 0 Å². The number of benzene rings is 1. The highest BCUT2D eigenvalue weighted by Gasteiger charge is 2.20. The number of aryl methyl sites for hydroxylation is 2. The monoisotopic (exact) mass is 285 g/mol. The molecule has 0 saturated heterocycles. The number of hydrogen-bond acceptors (Lipinski definition) is 4. The van der Waals surface area contributed by atoms with Crippen LogP contribution in [0.5, 0.6) is 11.6 Å². The van der Waals surface area contributed by atoms with E-state index >= 15 is 0 Å². The smallest absolute Gasteiger partial charge is 0.224 e. The Hall–Kier alpha value is -2.10. The topological polar surface area (TPSA) is 47.0 Å². The molecular formula is C17H23N3O. The molecule has 0 radical (unpaired) electrons. The maximum atomic E-state index is 6.05. The average molecular weight is 285 g/mol. The summed E-state index contributed by atoms with van der Waals surface area (Å²) in [7, 11) is 1.83. The Morgan fingerprint density at radius 1 is 1.05 bits per heavy atom. The van der Waals surface area contributed by atoms with Crippen molar-refractivity contribution in [3.63, 3.8) is 0 Å². The third kappa shape index (κ3) is 3.72. The second-order valence-corrected chi connectivity index (χ2v) is 6.24. The first-order valence-electron chi connectivity index (χ1n) is 7.12. The fraction of sp³-hybridized carbons (Fsp3) is 0.412. The predicted octanol–water partition coefficient (Wildman–Crippen LogP) is 4.22. The van der Waals surface area contributed by atoms with E-state index < -0.39 is 0 Å². The third-order valence-corrected chi connectivity index (χ3v) is 3.23. The van der Waals surface area contributed by atoms with Crippen LogP contribution >= 0.6 is 0 Å². The van der Waals surface area contributed by atoms with Crippen LogP contribution in [-0.4, -0.2) is 17.0 Å². The van der Waals surface area contributed by atoms with Crippen molar-refractivity contribution in [2.24, 2.45) is 0 Å². The van der Waals surface area contributed by atoms with Crippen LogP contribution in [0.25, 0.3) is 0 Å². The Morgan fingerprint density at radius 3 is 2.38 bits per heavy atom. The molecule has 0 bridgehead atoms. The van der Waals surface area contributed by atoms with Crippen molar-refractivity contribution < 1.29 is 4.74 Å². The van der Waals surface area contributed by atoms with Gasteiger partial charge in [0.05, 0.1) is 0 Å². The fourth-order valence-electron chi connectivity index (χ4n) is 2.17. The van der Waals surface area contributed by atoms with Crippen molar-refractivity contribution in [2.75, 3.05) is 12.4 Å². The Labute approximate surface area is 126 Å². The van der Waals surface area contributed by atoms with Gasteiger partial charge in [-0.3, -0.25) is 0 Å². The van der Waals surface area contributed by atoms with Gasteiger partial charge in [0.2, 0.25) is 5.88 Å². The molecule has 0 aliphatic carbocycles. The van der Waals surface area contributed by atoms with Gasteiger partial charge in [-0.15, -0.1) is 0 Å². The van der Waals surface area contributed by atoms with Crippen molar-refractivity contribution in [3.05, 3.63) is 41.2 Å². The summed E-state index contributed by atoms with van der Waals surface area (Å²) in [6.07, 6.45) is 0. The highest BCUT2D eigenvalue weighted by molar-refractivity contribution is 5.45. The summed E-state index contributed by atoms with van der Waals surface area (Å²) >= 11 is 0. The molecule has 0 atom stereocenters. The van der Waals surface area contributed by atoms with Gasteiger partial charge in [-0.25, -0.2) is 4.98 Å². The van der Waals surface area contributed by atoms with Crippen molar-refractivity contribution in [1.82, 2.24) is 9.97 Å². The highest BCUT2D eigenvalue weighted by atomic mass is 16.5. The van der Waals surface area contributed by atoms with E-state index in [9.17, 15) is 0 Å². The molecule has 1 heterocycles. The van der Waals surface area contributed by atoms with E-state index in [1.165, 1.54) is 0 Å². The second kappa shape index (κ2) is 5.72. The molecule has 0 amide bonds. The van der Waals surface area contributed by atoms with Gasteiger partial charge in [0.15, 0.2) is 0 Å². The number of anilines is 1. The number of rotatable bonds is 3. The van der Waals surface area contributed by atoms with Gasteiger partial charge in [0, 0.05) is 18.7 Å². The van der Waals surface area contributed by atoms with Gasteiger partial charge in [0.1, 0.15) is 17.4 Å². The minimum absolute atomic E-state index is 0.0109. The molecule has 0 saturated carbocycles. The van der Waals surface area contributed by atoms with Crippen LogP contribution in [0, 0.1) is 13.8 Å². The molecule has 0 spiro atoms. The molecule has 2 rings (SSSR count). The zero-order chi connectivity index (χ0) is 15.6. The average Bonchev–Trinajstić information content (AvgIpc) is 2.36. The van der Waals surface area contributed by atoms with E-state index in [0.29, 0.717) is 11.7 Å². The second-order valence-electron chi connectivity index (χ2n) is 6.24. The molecule has 0 unspecified atom stereocenters. The van der Waals surface area contributed by atoms with E-state index in [2.05, 4.69) is 61.2 Å². The minimum atomic E-state index is 0.0109. The lowest BCUT2D eigenvalue weighted by Gasteiger charge is -2.23. The predicted molar refractivity (Wildman–Crippen MR) is 86.3 cm³/mol. The first-order chi connectivity index (χ1) is 9.79. The van der Waals surface area contributed by atoms with Crippen LogP contribution in [0.3, 0.4) is 0 Å². The van der Waals surface area contributed by atoms with Crippen LogP contribution in [0.4, 0.5) is 5.82 Å². The Bertz CT molecular complexity index is 645. The molecule has 4 heteroatoms. The number of aromatic nitrogens is 2. The zero-order valence-electron chi connectivity index (χ0n) is 13.6. The van der Waals surface area contributed by atoms with Crippen molar-refractivity contribution in [3.8, 4) is 11.6 Å². The number of nitrogens with one attached hydrogen (secondary N) is 1. The van der Waals surface area contributed by atoms with Crippen molar-refractivity contribution in [2.45, 2.75) is 40.0 Å². The lowest BCUT2D eigenvalue weighted by atomic mass is 9.86. The molecule has 21 heavy (non-hydrogen) atoms. The van der Waals surface area contributed by atoms with E-state index in [1.807, 2.05) is 20.0 Å². The molecule has 1 N–H and O–H groups in total. The molecule has 4 nitrogen and oxygen atoms in total. The maximum absolute atomic E-state index is 6.05. The summed E-state index contributed by atoms with van der Waals surface area (Å²) in [5, 5.41) is 3.02. The molecule has 0 fully saturated rings. The molecular weight excluding hydrogens is 262 g/mol. The molecule has 1 aromatic carbocycles. The van der Waals surface area contributed by atoms with E-state index in [0.717, 1.165) is 22.7 Å². The molecule has 1 aromatic heterocycles. The standard InChI is InChI=1S/C17H23N3O/c1-11-7-8-13(17(3,4)5)14(9-11)21-16-10-15(18-6)19-12(2)20-16/h7-10H,1-6H3,(H,18,19,20). The van der Waals surface area contributed by atoms with Gasteiger partial charge in [-0.05, 0) is 30.9 Å². The van der Waals surface area contributed by atoms with E-state index in [4.69, 9.17) is 4.74 Å². The summed E-state index contributed by atoms with van der Waals surface area (Å²) < 4.78 is 6.05. The number of nitrogens with zero attached hydrogens (tertiary/aromatic N) is 2. The fourth-order valence-corrected chi connectivity index (χ4v) is 2.17. The zero-order valence-corrected chi connectivity index (χ0v) is 13.6. The summed E-state index contributed by atoms with van der Waals surface area (Å²) in [4.78, 5) is 8.64. The normalized spacial score (nSPS) is 11.3. The quantitative estimate of drug-likeness (QED) is 0.917. The Morgan fingerprint density at radius 2 is 1.76 bits per heavy atom. The SMILES string of the molecule is CNc1cc(Oc2cc(C)ccc2C(C)(C)C)nc(C)n1. The van der Waals surface area contributed by atoms with Crippen LogP contribution in [0.15, 0.2) is 24.3 Å². The van der Waals surface area contributed by atoms with Crippen LogP contribution < -0.4 is 10.1 Å². The number of hydrogen-bond donors (Lipinski definition) is 1. The van der Waals surface area contributed by atoms with Crippen LogP contribution in [-0.2, 0) is 5.41 Å². The molecule has 0 aliphatic heterocycles. The summed E-state index contributed by atoms with van der Waals surface area (Å²) in [5.41, 5.74) is 2.34. The first-order valence-corrected chi connectivity index (χ1v) is 7.12. The number of ether oxygens (including phenoxy) is 1. The first kappa shape index (κ1) is 15.3. The Balaban J connectivity index is 2.44. The maximum Gasteiger partial charge on any atom is 0.224 e. The van der Waals surface area contributed by atoms with Crippen molar-refractivity contribution >= 4 is 5.82 Å². The van der Waals surface area contributed by atoms with Gasteiger partial charge in [-0.1, -0.05) is 32.9 Å². The van der Waals surface area contributed by atoms with Crippen molar-refractivity contribution in [1.29, 1.82) is 0 Å².